The molecule has 0 saturated carbocycles. The number of hydrogen-bond acceptors (Lipinski definition) is 3. The number of nitrogens with two attached hydrogens (primary N) is 1. The van der Waals surface area contributed by atoms with Gasteiger partial charge in [-0.2, -0.15) is 0 Å². The van der Waals surface area contributed by atoms with Crippen LogP contribution in [-0.4, -0.2) is 14.2 Å². The van der Waals surface area contributed by atoms with Gasteiger partial charge in [-0.3, -0.25) is 0 Å². The number of methoxy groups -OCH3 is 1. The maximum absolute atomic E-state index is 6.10. The van der Waals surface area contributed by atoms with E-state index in [0.717, 1.165) is 23.5 Å². The maximum atomic E-state index is 6.10. The lowest BCUT2D eigenvalue weighted by atomic mass is 10.1. The quantitative estimate of drug-likeness (QED) is 0.869. The third kappa shape index (κ3) is 3.17. The fourth-order valence-corrected chi connectivity index (χ4v) is 2.35. The van der Waals surface area contributed by atoms with Crippen molar-refractivity contribution in [2.75, 3.05) is 24.8 Å². The van der Waals surface area contributed by atoms with Gasteiger partial charge in [0.15, 0.2) is 0 Å². The summed E-state index contributed by atoms with van der Waals surface area (Å²) in [6.45, 7) is 2.83. The molecule has 2 aromatic rings. The zero-order chi connectivity index (χ0) is 14.7. The summed E-state index contributed by atoms with van der Waals surface area (Å²) in [5.74, 6) is 0.864. The van der Waals surface area contributed by atoms with Gasteiger partial charge in [-0.1, -0.05) is 23.7 Å². The van der Waals surface area contributed by atoms with Crippen LogP contribution < -0.4 is 15.4 Å². The highest BCUT2D eigenvalue weighted by Crippen LogP contribution is 2.29. The van der Waals surface area contributed by atoms with Crippen molar-refractivity contribution in [1.82, 2.24) is 0 Å². The Bertz CT molecular complexity index is 596. The van der Waals surface area contributed by atoms with Gasteiger partial charge in [0, 0.05) is 19.3 Å². The van der Waals surface area contributed by atoms with Gasteiger partial charge < -0.3 is 15.4 Å². The fraction of sp³-hybridized carbons (Fsp3) is 0.250. The zero-order valence-electron chi connectivity index (χ0n) is 12.0. The first-order chi connectivity index (χ1) is 9.51. The number of rotatable bonds is 4. The largest absolute Gasteiger partial charge is 0.497 e. The molecule has 20 heavy (non-hydrogen) atoms. The SMILES string of the molecule is COc1ccc(CN(C)c2cc(Cl)c(N)cc2C)cc1. The molecule has 0 aliphatic heterocycles. The molecule has 3 nitrogen and oxygen atoms in total. The molecule has 2 N–H and O–H groups in total. The summed E-state index contributed by atoms with van der Waals surface area (Å²) < 4.78 is 5.16. The van der Waals surface area contributed by atoms with Gasteiger partial charge in [0.1, 0.15) is 5.75 Å². The first-order valence-electron chi connectivity index (χ1n) is 6.41. The van der Waals surface area contributed by atoms with Gasteiger partial charge >= 0.3 is 0 Å². The van der Waals surface area contributed by atoms with E-state index in [2.05, 4.69) is 17.0 Å². The molecule has 0 fully saturated rings. The second kappa shape index (κ2) is 6.06. The lowest BCUT2D eigenvalue weighted by Crippen LogP contribution is -2.17. The van der Waals surface area contributed by atoms with E-state index in [1.807, 2.05) is 38.2 Å². The standard InChI is InChI=1S/C16H19ClN2O/c1-11-8-15(18)14(17)9-16(11)19(2)10-12-4-6-13(20-3)7-5-12/h4-9H,10,18H2,1-3H3. The van der Waals surface area contributed by atoms with Crippen molar-refractivity contribution in [2.24, 2.45) is 0 Å². The molecule has 2 aromatic carbocycles. The Balaban J connectivity index is 2.18. The third-order valence-corrected chi connectivity index (χ3v) is 3.63. The number of anilines is 2. The van der Waals surface area contributed by atoms with E-state index in [1.165, 1.54) is 5.56 Å². The first-order valence-corrected chi connectivity index (χ1v) is 6.78. The van der Waals surface area contributed by atoms with Crippen LogP contribution in [0.1, 0.15) is 11.1 Å². The number of nitrogen functional groups attached to an aromatic ring is 1. The van der Waals surface area contributed by atoms with E-state index in [9.17, 15) is 0 Å². The van der Waals surface area contributed by atoms with Crippen LogP contribution in [0.3, 0.4) is 0 Å². The Morgan fingerprint density at radius 1 is 1.20 bits per heavy atom. The lowest BCUT2D eigenvalue weighted by molar-refractivity contribution is 0.414. The molecule has 106 valence electrons. The average molecular weight is 291 g/mol. The molecule has 2 rings (SSSR count). The summed E-state index contributed by atoms with van der Waals surface area (Å²) in [4.78, 5) is 2.16. The number of aryl methyl sites for hydroxylation is 1. The number of nitrogens with zero attached hydrogens (tertiary/aromatic N) is 1. The number of ether oxygens (including phenoxy) is 1. The predicted molar refractivity (Wildman–Crippen MR) is 85.7 cm³/mol. The van der Waals surface area contributed by atoms with Crippen molar-refractivity contribution < 1.29 is 4.74 Å². The predicted octanol–water partition coefficient (Wildman–Crippen LogP) is 3.88. The van der Waals surface area contributed by atoms with Gasteiger partial charge in [0.25, 0.3) is 0 Å². The Labute approximate surface area is 124 Å². The highest BCUT2D eigenvalue weighted by Gasteiger charge is 2.08. The first kappa shape index (κ1) is 14.5. The minimum atomic E-state index is 0.590. The second-order valence-corrected chi connectivity index (χ2v) is 5.27. The molecule has 0 spiro atoms. The third-order valence-electron chi connectivity index (χ3n) is 3.31. The van der Waals surface area contributed by atoms with E-state index in [0.29, 0.717) is 10.7 Å². The van der Waals surface area contributed by atoms with Crippen LogP contribution in [0.15, 0.2) is 36.4 Å². The van der Waals surface area contributed by atoms with Gasteiger partial charge in [0.05, 0.1) is 17.8 Å². The second-order valence-electron chi connectivity index (χ2n) is 4.86. The van der Waals surface area contributed by atoms with Crippen molar-refractivity contribution in [3.8, 4) is 5.75 Å². The summed E-state index contributed by atoms with van der Waals surface area (Å²) in [6.07, 6.45) is 0. The average Bonchev–Trinajstić information content (AvgIpc) is 2.43. The summed E-state index contributed by atoms with van der Waals surface area (Å²) >= 11 is 6.10. The van der Waals surface area contributed by atoms with Crippen molar-refractivity contribution in [3.05, 3.63) is 52.5 Å². The molecule has 0 bridgehead atoms. The van der Waals surface area contributed by atoms with Crippen molar-refractivity contribution >= 4 is 23.0 Å². The molecule has 0 atom stereocenters. The van der Waals surface area contributed by atoms with Gasteiger partial charge in [-0.05, 0) is 42.3 Å². The van der Waals surface area contributed by atoms with Crippen LogP contribution in [0.4, 0.5) is 11.4 Å². The van der Waals surface area contributed by atoms with Crippen LogP contribution in [0, 0.1) is 6.92 Å². The molecule has 0 aliphatic rings. The summed E-state index contributed by atoms with van der Waals surface area (Å²) in [5, 5.41) is 0.590. The minimum Gasteiger partial charge on any atom is -0.497 e. The van der Waals surface area contributed by atoms with Gasteiger partial charge in [0.2, 0.25) is 0 Å². The number of benzene rings is 2. The molecular weight excluding hydrogens is 272 g/mol. The topological polar surface area (TPSA) is 38.5 Å². The molecule has 0 saturated heterocycles. The summed E-state index contributed by atoms with van der Waals surface area (Å²) in [7, 11) is 3.71. The molecule has 0 heterocycles. The van der Waals surface area contributed by atoms with E-state index < -0.39 is 0 Å². The highest BCUT2D eigenvalue weighted by atomic mass is 35.5. The van der Waals surface area contributed by atoms with Crippen LogP contribution in [0.5, 0.6) is 5.75 Å². The molecular formula is C16H19ClN2O. The normalized spacial score (nSPS) is 10.4. The van der Waals surface area contributed by atoms with Crippen molar-refractivity contribution in [1.29, 1.82) is 0 Å². The van der Waals surface area contributed by atoms with Crippen molar-refractivity contribution in [2.45, 2.75) is 13.5 Å². The van der Waals surface area contributed by atoms with Crippen LogP contribution >= 0.6 is 11.6 Å². The van der Waals surface area contributed by atoms with Crippen molar-refractivity contribution in [3.63, 3.8) is 0 Å². The Kier molecular flexibility index (Phi) is 4.40. The molecule has 4 heteroatoms. The van der Waals surface area contributed by atoms with E-state index in [-0.39, 0.29) is 0 Å². The van der Waals surface area contributed by atoms with Crippen LogP contribution in [-0.2, 0) is 6.54 Å². The Morgan fingerprint density at radius 2 is 1.85 bits per heavy atom. The van der Waals surface area contributed by atoms with E-state index >= 15 is 0 Å². The molecule has 0 unspecified atom stereocenters. The van der Waals surface area contributed by atoms with Gasteiger partial charge in [-0.25, -0.2) is 0 Å². The monoisotopic (exact) mass is 290 g/mol. The highest BCUT2D eigenvalue weighted by molar-refractivity contribution is 6.33. The molecule has 0 aromatic heterocycles. The Hall–Kier alpha value is -1.87. The minimum absolute atomic E-state index is 0.590. The maximum Gasteiger partial charge on any atom is 0.118 e. The summed E-state index contributed by atoms with van der Waals surface area (Å²) in [6, 6.07) is 11.9. The smallest absolute Gasteiger partial charge is 0.118 e. The Morgan fingerprint density at radius 3 is 2.45 bits per heavy atom. The fourth-order valence-electron chi connectivity index (χ4n) is 2.19. The zero-order valence-corrected chi connectivity index (χ0v) is 12.7. The van der Waals surface area contributed by atoms with Gasteiger partial charge in [-0.15, -0.1) is 0 Å². The number of hydrogen-bond donors (Lipinski definition) is 1. The molecule has 0 radical (unpaired) electrons. The van der Waals surface area contributed by atoms with Crippen LogP contribution in [0.25, 0.3) is 0 Å². The van der Waals surface area contributed by atoms with E-state index in [4.69, 9.17) is 22.1 Å². The number of halogens is 1. The van der Waals surface area contributed by atoms with E-state index in [1.54, 1.807) is 7.11 Å². The molecule has 0 amide bonds. The lowest BCUT2D eigenvalue weighted by Gasteiger charge is -2.22. The van der Waals surface area contributed by atoms with Crippen LogP contribution in [0.2, 0.25) is 5.02 Å². The molecule has 0 aliphatic carbocycles. The summed E-state index contributed by atoms with van der Waals surface area (Å²) in [5.41, 5.74) is 9.83.